The minimum atomic E-state index is 0.115. The van der Waals surface area contributed by atoms with E-state index < -0.39 is 0 Å². The van der Waals surface area contributed by atoms with Crippen molar-refractivity contribution in [1.29, 1.82) is 0 Å². The van der Waals surface area contributed by atoms with E-state index in [1.807, 2.05) is 43.0 Å². The third-order valence-corrected chi connectivity index (χ3v) is 5.80. The molecule has 24 heavy (non-hydrogen) atoms. The van der Waals surface area contributed by atoms with Gasteiger partial charge in [-0.3, -0.25) is 9.48 Å². The van der Waals surface area contributed by atoms with E-state index in [0.717, 1.165) is 52.7 Å². The van der Waals surface area contributed by atoms with Crippen molar-refractivity contribution < 1.29 is 4.79 Å². The van der Waals surface area contributed by atoms with Crippen LogP contribution in [-0.2, 0) is 11.3 Å². The van der Waals surface area contributed by atoms with Gasteiger partial charge >= 0.3 is 0 Å². The van der Waals surface area contributed by atoms with Crippen molar-refractivity contribution in [1.82, 2.24) is 14.7 Å². The average molecular weight is 412 g/mol. The van der Waals surface area contributed by atoms with Crippen LogP contribution >= 0.6 is 27.5 Å². The summed E-state index contributed by atoms with van der Waals surface area (Å²) in [5.74, 6) is 0.115. The van der Waals surface area contributed by atoms with Gasteiger partial charge in [-0.2, -0.15) is 5.10 Å². The fourth-order valence-electron chi connectivity index (χ4n) is 2.92. The van der Waals surface area contributed by atoms with Crippen LogP contribution in [0.1, 0.15) is 11.4 Å². The molecule has 0 spiro atoms. The first-order valence-electron chi connectivity index (χ1n) is 7.93. The molecule has 0 N–H and O–H groups in total. The maximum absolute atomic E-state index is 12.5. The van der Waals surface area contributed by atoms with E-state index >= 15 is 0 Å². The number of aryl methyl sites for hydroxylation is 1. The first-order valence-corrected chi connectivity index (χ1v) is 9.10. The molecule has 1 aromatic carbocycles. The lowest BCUT2D eigenvalue weighted by atomic mass is 10.2. The molecular formula is C17H20BrClN4O. The number of aromatic nitrogens is 2. The average Bonchev–Trinajstić information content (AvgIpc) is 2.83. The van der Waals surface area contributed by atoms with Gasteiger partial charge in [0.15, 0.2) is 0 Å². The zero-order valence-electron chi connectivity index (χ0n) is 13.8. The minimum absolute atomic E-state index is 0.115. The van der Waals surface area contributed by atoms with E-state index in [1.54, 1.807) is 4.68 Å². The molecule has 2 aromatic rings. The Kier molecular flexibility index (Phi) is 5.15. The molecule has 0 unspecified atom stereocenters. The van der Waals surface area contributed by atoms with Crippen LogP contribution in [0.5, 0.6) is 0 Å². The fraction of sp³-hybridized carbons (Fsp3) is 0.412. The van der Waals surface area contributed by atoms with Crippen molar-refractivity contribution in [2.75, 3.05) is 31.1 Å². The molecule has 3 rings (SSSR count). The van der Waals surface area contributed by atoms with E-state index in [4.69, 9.17) is 11.6 Å². The normalized spacial score (nSPS) is 15.0. The van der Waals surface area contributed by atoms with Crippen molar-refractivity contribution in [3.63, 3.8) is 0 Å². The number of amides is 1. The highest BCUT2D eigenvalue weighted by Crippen LogP contribution is 2.21. The quantitative estimate of drug-likeness (QED) is 0.778. The van der Waals surface area contributed by atoms with Crippen molar-refractivity contribution in [2.45, 2.75) is 20.4 Å². The highest BCUT2D eigenvalue weighted by molar-refractivity contribution is 9.10. The lowest BCUT2D eigenvalue weighted by Gasteiger charge is -2.36. The maximum Gasteiger partial charge on any atom is 0.244 e. The van der Waals surface area contributed by atoms with Gasteiger partial charge < -0.3 is 9.80 Å². The van der Waals surface area contributed by atoms with Crippen molar-refractivity contribution >= 4 is 39.1 Å². The molecule has 1 aliphatic rings. The van der Waals surface area contributed by atoms with E-state index in [2.05, 4.69) is 25.9 Å². The lowest BCUT2D eigenvalue weighted by Crippen LogP contribution is -2.49. The van der Waals surface area contributed by atoms with Crippen molar-refractivity contribution in [3.05, 3.63) is 45.1 Å². The Labute approximate surface area is 155 Å². The van der Waals surface area contributed by atoms with Crippen LogP contribution in [-0.4, -0.2) is 46.8 Å². The van der Waals surface area contributed by atoms with Crippen LogP contribution in [0.3, 0.4) is 0 Å². The third-order valence-electron chi connectivity index (χ3n) is 4.40. The van der Waals surface area contributed by atoms with Gasteiger partial charge in [0.05, 0.1) is 15.9 Å². The second kappa shape index (κ2) is 7.15. The van der Waals surface area contributed by atoms with Crippen LogP contribution in [0.4, 0.5) is 5.69 Å². The number of rotatable bonds is 3. The molecule has 128 valence electrons. The molecule has 2 heterocycles. The predicted molar refractivity (Wildman–Crippen MR) is 99.6 cm³/mol. The molecule has 1 aliphatic heterocycles. The van der Waals surface area contributed by atoms with Crippen LogP contribution in [0.25, 0.3) is 0 Å². The number of carbonyl (C=O) groups is 1. The summed E-state index contributed by atoms with van der Waals surface area (Å²) >= 11 is 9.44. The molecule has 1 saturated heterocycles. The molecule has 0 radical (unpaired) electrons. The molecule has 0 saturated carbocycles. The first-order chi connectivity index (χ1) is 11.5. The summed E-state index contributed by atoms with van der Waals surface area (Å²) in [7, 11) is 0. The van der Waals surface area contributed by atoms with Gasteiger partial charge in [0.2, 0.25) is 5.91 Å². The van der Waals surface area contributed by atoms with E-state index in [9.17, 15) is 4.79 Å². The van der Waals surface area contributed by atoms with E-state index in [0.29, 0.717) is 6.54 Å². The SMILES string of the molecule is Cc1nn(CC(=O)N2CCN(c3ccc(Cl)cc3)CC2)c(C)c1Br. The molecule has 0 aliphatic carbocycles. The number of anilines is 1. The maximum atomic E-state index is 12.5. The van der Waals surface area contributed by atoms with Crippen LogP contribution in [0.15, 0.2) is 28.7 Å². The fourth-order valence-corrected chi connectivity index (χ4v) is 3.33. The summed E-state index contributed by atoms with van der Waals surface area (Å²) in [5, 5.41) is 5.15. The van der Waals surface area contributed by atoms with Gasteiger partial charge in [-0.05, 0) is 54.0 Å². The molecule has 1 aromatic heterocycles. The highest BCUT2D eigenvalue weighted by Gasteiger charge is 2.22. The molecule has 5 nitrogen and oxygen atoms in total. The first kappa shape index (κ1) is 17.3. The molecule has 1 fully saturated rings. The Hall–Kier alpha value is -1.53. The third kappa shape index (κ3) is 3.59. The number of benzene rings is 1. The van der Waals surface area contributed by atoms with Gasteiger partial charge in [-0.25, -0.2) is 0 Å². The lowest BCUT2D eigenvalue weighted by molar-refractivity contribution is -0.132. The zero-order chi connectivity index (χ0) is 17.3. The Morgan fingerprint density at radius 3 is 2.33 bits per heavy atom. The van der Waals surface area contributed by atoms with E-state index in [-0.39, 0.29) is 5.91 Å². The number of hydrogen-bond acceptors (Lipinski definition) is 3. The molecule has 0 bridgehead atoms. The Bertz CT molecular complexity index is 736. The standard InChI is InChI=1S/C17H20BrClN4O/c1-12-17(18)13(2)23(20-12)11-16(24)22-9-7-21(8-10-22)15-5-3-14(19)4-6-15/h3-6H,7-11H2,1-2H3. The Morgan fingerprint density at radius 2 is 1.79 bits per heavy atom. The second-order valence-corrected chi connectivity index (χ2v) is 7.22. The molecular weight excluding hydrogens is 392 g/mol. The summed E-state index contributed by atoms with van der Waals surface area (Å²) in [5.41, 5.74) is 3.04. The monoisotopic (exact) mass is 410 g/mol. The Balaban J connectivity index is 1.59. The van der Waals surface area contributed by atoms with Gasteiger partial charge in [0, 0.05) is 36.9 Å². The number of piperazine rings is 1. The topological polar surface area (TPSA) is 41.4 Å². The van der Waals surface area contributed by atoms with E-state index in [1.165, 1.54) is 0 Å². The second-order valence-electron chi connectivity index (χ2n) is 5.99. The van der Waals surface area contributed by atoms with Crippen LogP contribution < -0.4 is 4.90 Å². The van der Waals surface area contributed by atoms with Crippen molar-refractivity contribution in [2.24, 2.45) is 0 Å². The van der Waals surface area contributed by atoms with Gasteiger partial charge in [-0.1, -0.05) is 11.6 Å². The summed E-state index contributed by atoms with van der Waals surface area (Å²) in [6, 6.07) is 7.84. The zero-order valence-corrected chi connectivity index (χ0v) is 16.1. The molecule has 7 heteroatoms. The molecule has 0 atom stereocenters. The predicted octanol–water partition coefficient (Wildman–Crippen LogP) is 3.26. The van der Waals surface area contributed by atoms with Crippen molar-refractivity contribution in [3.8, 4) is 0 Å². The minimum Gasteiger partial charge on any atom is -0.368 e. The van der Waals surface area contributed by atoms with Crippen LogP contribution in [0.2, 0.25) is 5.02 Å². The number of halogens is 2. The molecule has 1 amide bonds. The smallest absolute Gasteiger partial charge is 0.244 e. The highest BCUT2D eigenvalue weighted by atomic mass is 79.9. The number of carbonyl (C=O) groups excluding carboxylic acids is 1. The summed E-state index contributed by atoms with van der Waals surface area (Å²) in [6.45, 7) is 7.30. The van der Waals surface area contributed by atoms with Gasteiger partial charge in [0.25, 0.3) is 0 Å². The van der Waals surface area contributed by atoms with Gasteiger partial charge in [0.1, 0.15) is 6.54 Å². The van der Waals surface area contributed by atoms with Crippen LogP contribution in [0, 0.1) is 13.8 Å². The number of nitrogens with zero attached hydrogens (tertiary/aromatic N) is 4. The summed E-state index contributed by atoms with van der Waals surface area (Å²) in [6.07, 6.45) is 0. The Morgan fingerprint density at radius 1 is 1.17 bits per heavy atom. The van der Waals surface area contributed by atoms with Gasteiger partial charge in [-0.15, -0.1) is 0 Å². The largest absolute Gasteiger partial charge is 0.368 e. The number of hydrogen-bond donors (Lipinski definition) is 0. The summed E-state index contributed by atoms with van der Waals surface area (Å²) < 4.78 is 2.75. The summed E-state index contributed by atoms with van der Waals surface area (Å²) in [4.78, 5) is 16.7.